The van der Waals surface area contributed by atoms with Crippen molar-refractivity contribution in [3.63, 3.8) is 0 Å². The fourth-order valence-corrected chi connectivity index (χ4v) is 4.76. The molecule has 2 amide bonds. The van der Waals surface area contributed by atoms with Crippen molar-refractivity contribution < 1.29 is 14.3 Å². The lowest BCUT2D eigenvalue weighted by molar-refractivity contribution is -0.148. The highest BCUT2D eigenvalue weighted by molar-refractivity contribution is 6.30. The molecule has 0 bridgehead atoms. The lowest BCUT2D eigenvalue weighted by Crippen LogP contribution is -2.56. The Labute approximate surface area is 188 Å². The van der Waals surface area contributed by atoms with Crippen molar-refractivity contribution in [2.24, 2.45) is 0 Å². The number of rotatable bonds is 4. The summed E-state index contributed by atoms with van der Waals surface area (Å²) in [5.74, 6) is 0.0370. The van der Waals surface area contributed by atoms with E-state index in [9.17, 15) is 9.59 Å². The van der Waals surface area contributed by atoms with E-state index in [0.717, 1.165) is 11.1 Å². The Morgan fingerprint density at radius 1 is 1.00 bits per heavy atom. The van der Waals surface area contributed by atoms with Gasteiger partial charge in [-0.1, -0.05) is 60.6 Å². The number of halogens is 1. The summed E-state index contributed by atoms with van der Waals surface area (Å²) >= 11 is 6.02. The number of likely N-dealkylation sites (tertiary alicyclic amines) is 1. The molecule has 2 aliphatic rings. The molecule has 0 N–H and O–H groups in total. The molecule has 0 saturated carbocycles. The standard InChI is InChI=1S/C25H27ClN2O3/c1-2-23(29)27-14-12-25(13-15-27,20-6-4-3-5-7-20)24(30)28-16-17-31-22(18-28)19-8-10-21(26)11-9-19/h2-11,22H,1,12-18H2. The maximum atomic E-state index is 14.0. The van der Waals surface area contributed by atoms with Crippen molar-refractivity contribution in [2.75, 3.05) is 32.8 Å². The van der Waals surface area contributed by atoms with Crippen molar-refractivity contribution in [3.05, 3.63) is 83.4 Å². The van der Waals surface area contributed by atoms with Gasteiger partial charge >= 0.3 is 0 Å². The molecule has 162 valence electrons. The lowest BCUT2D eigenvalue weighted by Gasteiger charge is -2.45. The Morgan fingerprint density at radius 2 is 1.68 bits per heavy atom. The van der Waals surface area contributed by atoms with Crippen LogP contribution in [0.4, 0.5) is 0 Å². The summed E-state index contributed by atoms with van der Waals surface area (Å²) in [5, 5.41) is 0.677. The molecule has 0 spiro atoms. The number of morpholine rings is 1. The van der Waals surface area contributed by atoms with Crippen LogP contribution in [0.5, 0.6) is 0 Å². The van der Waals surface area contributed by atoms with Gasteiger partial charge in [0.25, 0.3) is 0 Å². The maximum Gasteiger partial charge on any atom is 0.245 e. The highest BCUT2D eigenvalue weighted by atomic mass is 35.5. The van der Waals surface area contributed by atoms with Gasteiger partial charge in [-0.2, -0.15) is 0 Å². The third kappa shape index (κ3) is 4.39. The highest BCUT2D eigenvalue weighted by Crippen LogP contribution is 2.38. The Balaban J connectivity index is 1.58. The van der Waals surface area contributed by atoms with Gasteiger partial charge in [-0.05, 0) is 42.2 Å². The van der Waals surface area contributed by atoms with Crippen molar-refractivity contribution >= 4 is 23.4 Å². The third-order valence-corrected chi connectivity index (χ3v) is 6.69. The van der Waals surface area contributed by atoms with E-state index < -0.39 is 5.41 Å². The zero-order chi connectivity index (χ0) is 21.8. The average molecular weight is 439 g/mol. The summed E-state index contributed by atoms with van der Waals surface area (Å²) < 4.78 is 5.97. The van der Waals surface area contributed by atoms with E-state index in [0.29, 0.717) is 50.7 Å². The van der Waals surface area contributed by atoms with Gasteiger partial charge in [0.2, 0.25) is 11.8 Å². The number of nitrogens with zero attached hydrogens (tertiary/aromatic N) is 2. The molecule has 2 saturated heterocycles. The van der Waals surface area contributed by atoms with E-state index in [4.69, 9.17) is 16.3 Å². The topological polar surface area (TPSA) is 49.9 Å². The summed E-state index contributed by atoms with van der Waals surface area (Å²) in [6.45, 7) is 6.23. The average Bonchev–Trinajstić information content (AvgIpc) is 2.84. The van der Waals surface area contributed by atoms with Gasteiger partial charge in [0.1, 0.15) is 6.10 Å². The van der Waals surface area contributed by atoms with Crippen LogP contribution in [0.15, 0.2) is 67.3 Å². The maximum absolute atomic E-state index is 14.0. The molecule has 0 radical (unpaired) electrons. The number of ether oxygens (including phenoxy) is 1. The van der Waals surface area contributed by atoms with Gasteiger partial charge < -0.3 is 14.5 Å². The number of piperidine rings is 1. The molecular weight excluding hydrogens is 412 g/mol. The first-order valence-corrected chi connectivity index (χ1v) is 11.0. The molecule has 1 unspecified atom stereocenters. The van der Waals surface area contributed by atoms with Gasteiger partial charge in [-0.15, -0.1) is 0 Å². The van der Waals surface area contributed by atoms with Crippen LogP contribution in [0.25, 0.3) is 0 Å². The second kappa shape index (κ2) is 9.25. The summed E-state index contributed by atoms with van der Waals surface area (Å²) in [7, 11) is 0. The van der Waals surface area contributed by atoms with E-state index in [1.807, 2.05) is 59.5 Å². The van der Waals surface area contributed by atoms with Gasteiger partial charge in [0, 0.05) is 24.7 Å². The van der Waals surface area contributed by atoms with E-state index in [2.05, 4.69) is 6.58 Å². The lowest BCUT2D eigenvalue weighted by atomic mass is 9.71. The van der Waals surface area contributed by atoms with E-state index in [1.54, 1.807) is 4.90 Å². The summed E-state index contributed by atoms with van der Waals surface area (Å²) in [4.78, 5) is 29.8. The van der Waals surface area contributed by atoms with Crippen LogP contribution in [0.2, 0.25) is 5.02 Å². The van der Waals surface area contributed by atoms with E-state index >= 15 is 0 Å². The first-order valence-electron chi connectivity index (χ1n) is 10.7. The number of amides is 2. The minimum Gasteiger partial charge on any atom is -0.370 e. The Morgan fingerprint density at radius 3 is 2.32 bits per heavy atom. The van der Waals surface area contributed by atoms with Crippen LogP contribution in [0.3, 0.4) is 0 Å². The minimum atomic E-state index is -0.638. The summed E-state index contributed by atoms with van der Waals surface area (Å²) in [6.07, 6.45) is 2.36. The predicted octanol–water partition coefficient (Wildman–Crippen LogP) is 3.99. The first-order chi connectivity index (χ1) is 15.0. The fourth-order valence-electron chi connectivity index (χ4n) is 4.64. The largest absolute Gasteiger partial charge is 0.370 e. The Bertz CT molecular complexity index is 937. The molecule has 4 rings (SSSR count). The number of hydrogen-bond donors (Lipinski definition) is 0. The number of hydrogen-bond acceptors (Lipinski definition) is 3. The van der Waals surface area contributed by atoms with Crippen LogP contribution in [0, 0.1) is 0 Å². The normalized spacial score (nSPS) is 20.9. The van der Waals surface area contributed by atoms with Crippen LogP contribution >= 0.6 is 11.6 Å². The molecule has 31 heavy (non-hydrogen) atoms. The second-order valence-corrected chi connectivity index (χ2v) is 8.58. The van der Waals surface area contributed by atoms with Crippen molar-refractivity contribution in [1.29, 1.82) is 0 Å². The second-order valence-electron chi connectivity index (χ2n) is 8.14. The number of carbonyl (C=O) groups excluding carboxylic acids is 2. The highest BCUT2D eigenvalue weighted by Gasteiger charge is 2.46. The van der Waals surface area contributed by atoms with Crippen molar-refractivity contribution in [1.82, 2.24) is 9.80 Å². The van der Waals surface area contributed by atoms with E-state index in [1.165, 1.54) is 6.08 Å². The molecule has 2 aliphatic heterocycles. The summed E-state index contributed by atoms with van der Waals surface area (Å²) in [6, 6.07) is 17.6. The van der Waals surface area contributed by atoms with Gasteiger partial charge in [-0.25, -0.2) is 0 Å². The Kier molecular flexibility index (Phi) is 6.44. The van der Waals surface area contributed by atoms with Gasteiger partial charge in [-0.3, -0.25) is 9.59 Å². The van der Waals surface area contributed by atoms with Crippen molar-refractivity contribution in [2.45, 2.75) is 24.4 Å². The van der Waals surface area contributed by atoms with Crippen LogP contribution < -0.4 is 0 Å². The SMILES string of the molecule is C=CC(=O)N1CCC(C(=O)N2CCOC(c3ccc(Cl)cc3)C2)(c2ccccc2)CC1. The molecule has 0 aromatic heterocycles. The monoisotopic (exact) mass is 438 g/mol. The molecule has 2 aromatic carbocycles. The van der Waals surface area contributed by atoms with Gasteiger partial charge in [0.05, 0.1) is 18.6 Å². The Hall–Kier alpha value is -2.63. The van der Waals surface area contributed by atoms with Crippen LogP contribution in [-0.4, -0.2) is 54.4 Å². The molecule has 5 nitrogen and oxygen atoms in total. The minimum absolute atomic E-state index is 0.0803. The fraction of sp³-hybridized carbons (Fsp3) is 0.360. The number of benzene rings is 2. The molecule has 1 atom stereocenters. The molecular formula is C25H27ClN2O3. The molecule has 2 fully saturated rings. The zero-order valence-electron chi connectivity index (χ0n) is 17.5. The molecule has 0 aliphatic carbocycles. The van der Waals surface area contributed by atoms with E-state index in [-0.39, 0.29) is 17.9 Å². The molecule has 2 aromatic rings. The predicted molar refractivity (Wildman–Crippen MR) is 121 cm³/mol. The first kappa shape index (κ1) is 21.6. The molecule has 2 heterocycles. The van der Waals surface area contributed by atoms with Crippen LogP contribution in [-0.2, 0) is 19.7 Å². The van der Waals surface area contributed by atoms with Gasteiger partial charge in [0.15, 0.2) is 0 Å². The zero-order valence-corrected chi connectivity index (χ0v) is 18.3. The van der Waals surface area contributed by atoms with Crippen molar-refractivity contribution in [3.8, 4) is 0 Å². The van der Waals surface area contributed by atoms with Crippen LogP contribution in [0.1, 0.15) is 30.1 Å². The number of carbonyl (C=O) groups is 2. The summed E-state index contributed by atoms with van der Waals surface area (Å²) in [5.41, 5.74) is 1.39. The smallest absolute Gasteiger partial charge is 0.245 e. The quantitative estimate of drug-likeness (QED) is 0.678. The third-order valence-electron chi connectivity index (χ3n) is 6.43. The molecule has 6 heteroatoms.